The van der Waals surface area contributed by atoms with Crippen LogP contribution in [0.25, 0.3) is 0 Å². The van der Waals surface area contributed by atoms with E-state index in [-0.39, 0.29) is 29.3 Å². The van der Waals surface area contributed by atoms with Crippen molar-refractivity contribution in [3.05, 3.63) is 61.2 Å². The molecule has 7 nitrogen and oxygen atoms in total. The van der Waals surface area contributed by atoms with Crippen LogP contribution in [-0.2, 0) is 0 Å². The minimum Gasteiger partial charge on any atom is -0.493 e. The number of amides is 1. The molecule has 0 aromatic heterocycles. The standard InChI is InChI=1S/C19H21IN2O5/c1-11(2)27-17-8-5-13(9-18(17)26-4)12(3)21-19(23)15-10-14(22(24)25)6-7-16(15)20/h5-12H,1-4H3,(H,21,23). The van der Waals surface area contributed by atoms with Crippen molar-refractivity contribution in [3.8, 4) is 11.5 Å². The molecular weight excluding hydrogens is 463 g/mol. The molecule has 0 spiro atoms. The second-order valence-electron chi connectivity index (χ2n) is 6.19. The van der Waals surface area contributed by atoms with Crippen LogP contribution in [0.4, 0.5) is 5.69 Å². The molecule has 0 radical (unpaired) electrons. The largest absolute Gasteiger partial charge is 0.493 e. The summed E-state index contributed by atoms with van der Waals surface area (Å²) in [7, 11) is 1.56. The van der Waals surface area contributed by atoms with E-state index in [0.29, 0.717) is 15.1 Å². The summed E-state index contributed by atoms with van der Waals surface area (Å²) in [6.07, 6.45) is 0.0119. The number of carbonyl (C=O) groups excluding carboxylic acids is 1. The Bertz CT molecular complexity index is 854. The first kappa shape index (κ1) is 20.9. The van der Waals surface area contributed by atoms with Crippen molar-refractivity contribution >= 4 is 34.2 Å². The fourth-order valence-electron chi connectivity index (χ4n) is 2.46. The van der Waals surface area contributed by atoms with Crippen LogP contribution in [0.5, 0.6) is 11.5 Å². The Morgan fingerprint density at radius 1 is 1.15 bits per heavy atom. The first-order valence-electron chi connectivity index (χ1n) is 8.32. The quantitative estimate of drug-likeness (QED) is 0.356. The van der Waals surface area contributed by atoms with Gasteiger partial charge in [0.1, 0.15) is 0 Å². The summed E-state index contributed by atoms with van der Waals surface area (Å²) in [5, 5.41) is 13.8. The van der Waals surface area contributed by atoms with Crippen molar-refractivity contribution in [2.75, 3.05) is 7.11 Å². The predicted molar refractivity (Wildman–Crippen MR) is 110 cm³/mol. The van der Waals surface area contributed by atoms with Gasteiger partial charge in [-0.1, -0.05) is 6.07 Å². The highest BCUT2D eigenvalue weighted by Gasteiger charge is 2.19. The molecule has 1 unspecified atom stereocenters. The van der Waals surface area contributed by atoms with Gasteiger partial charge in [0.2, 0.25) is 0 Å². The molecule has 27 heavy (non-hydrogen) atoms. The molecule has 0 aliphatic carbocycles. The van der Waals surface area contributed by atoms with Gasteiger partial charge in [0.05, 0.1) is 29.7 Å². The number of non-ortho nitro benzene ring substituents is 1. The lowest BCUT2D eigenvalue weighted by Gasteiger charge is -2.18. The van der Waals surface area contributed by atoms with Crippen LogP contribution in [0, 0.1) is 13.7 Å². The first-order valence-corrected chi connectivity index (χ1v) is 9.40. The zero-order valence-corrected chi connectivity index (χ0v) is 17.6. The molecule has 2 rings (SSSR count). The van der Waals surface area contributed by atoms with E-state index in [0.717, 1.165) is 5.56 Å². The van der Waals surface area contributed by atoms with Crippen LogP contribution in [0.3, 0.4) is 0 Å². The van der Waals surface area contributed by atoms with Crippen LogP contribution >= 0.6 is 22.6 Å². The minimum atomic E-state index is -0.519. The van der Waals surface area contributed by atoms with Gasteiger partial charge in [0.25, 0.3) is 11.6 Å². The number of nitrogens with one attached hydrogen (secondary N) is 1. The lowest BCUT2D eigenvalue weighted by atomic mass is 10.1. The number of ether oxygens (including phenoxy) is 2. The lowest BCUT2D eigenvalue weighted by Crippen LogP contribution is -2.27. The first-order chi connectivity index (χ1) is 12.7. The van der Waals surface area contributed by atoms with Gasteiger partial charge in [0.15, 0.2) is 11.5 Å². The van der Waals surface area contributed by atoms with Crippen molar-refractivity contribution < 1.29 is 19.2 Å². The zero-order chi connectivity index (χ0) is 20.1. The summed E-state index contributed by atoms with van der Waals surface area (Å²) in [6.45, 7) is 5.69. The predicted octanol–water partition coefficient (Wildman–Crippen LogP) is 4.49. The third kappa shape index (κ3) is 5.31. The highest BCUT2D eigenvalue weighted by molar-refractivity contribution is 14.1. The molecule has 0 bridgehead atoms. The summed E-state index contributed by atoms with van der Waals surface area (Å²) in [6, 6.07) is 9.34. The Morgan fingerprint density at radius 2 is 1.85 bits per heavy atom. The van der Waals surface area contributed by atoms with Crippen LogP contribution in [0.15, 0.2) is 36.4 Å². The average molecular weight is 484 g/mol. The zero-order valence-electron chi connectivity index (χ0n) is 15.5. The van der Waals surface area contributed by atoms with Crippen molar-refractivity contribution in [1.82, 2.24) is 5.32 Å². The van der Waals surface area contributed by atoms with E-state index in [1.165, 1.54) is 12.1 Å². The number of hydrogen-bond donors (Lipinski definition) is 1. The Morgan fingerprint density at radius 3 is 2.44 bits per heavy atom. The maximum absolute atomic E-state index is 12.6. The Balaban J connectivity index is 2.22. The van der Waals surface area contributed by atoms with Gasteiger partial charge >= 0.3 is 0 Å². The summed E-state index contributed by atoms with van der Waals surface area (Å²) in [5.74, 6) is 0.826. The van der Waals surface area contributed by atoms with E-state index in [2.05, 4.69) is 5.32 Å². The Labute approximate surface area is 171 Å². The maximum Gasteiger partial charge on any atom is 0.270 e. The SMILES string of the molecule is COc1cc(C(C)NC(=O)c2cc([N+](=O)[O-])ccc2I)ccc1OC(C)C. The lowest BCUT2D eigenvalue weighted by molar-refractivity contribution is -0.384. The van der Waals surface area contributed by atoms with E-state index >= 15 is 0 Å². The topological polar surface area (TPSA) is 90.7 Å². The molecule has 1 atom stereocenters. The fourth-order valence-corrected chi connectivity index (χ4v) is 3.04. The normalized spacial score (nSPS) is 11.8. The van der Waals surface area contributed by atoms with Crippen LogP contribution in [-0.4, -0.2) is 24.0 Å². The van der Waals surface area contributed by atoms with Crippen LogP contribution < -0.4 is 14.8 Å². The third-order valence-electron chi connectivity index (χ3n) is 3.80. The summed E-state index contributed by atoms with van der Waals surface area (Å²) >= 11 is 1.98. The number of halogens is 1. The van der Waals surface area contributed by atoms with Gasteiger partial charge in [-0.05, 0) is 67.1 Å². The van der Waals surface area contributed by atoms with E-state index in [9.17, 15) is 14.9 Å². The molecule has 0 aliphatic heterocycles. The number of nitro groups is 1. The summed E-state index contributed by atoms with van der Waals surface area (Å²) < 4.78 is 11.7. The molecule has 2 aromatic rings. The number of nitrogens with zero attached hydrogens (tertiary/aromatic N) is 1. The summed E-state index contributed by atoms with van der Waals surface area (Å²) in [5.41, 5.74) is 0.977. The van der Waals surface area contributed by atoms with Gasteiger partial charge in [-0.15, -0.1) is 0 Å². The monoisotopic (exact) mass is 484 g/mol. The number of hydrogen-bond acceptors (Lipinski definition) is 5. The third-order valence-corrected chi connectivity index (χ3v) is 4.74. The molecule has 8 heteroatoms. The molecule has 0 heterocycles. The highest BCUT2D eigenvalue weighted by atomic mass is 127. The van der Waals surface area contributed by atoms with E-state index in [1.807, 2.05) is 49.4 Å². The van der Waals surface area contributed by atoms with Crippen LogP contribution in [0.2, 0.25) is 0 Å². The van der Waals surface area contributed by atoms with Crippen molar-refractivity contribution in [3.63, 3.8) is 0 Å². The Hall–Kier alpha value is -2.36. The van der Waals surface area contributed by atoms with Crippen LogP contribution in [0.1, 0.15) is 42.7 Å². The van der Waals surface area contributed by atoms with Gasteiger partial charge in [-0.2, -0.15) is 0 Å². The van der Waals surface area contributed by atoms with Crippen molar-refractivity contribution in [2.24, 2.45) is 0 Å². The molecule has 144 valence electrons. The molecule has 0 saturated heterocycles. The Kier molecular flexibility index (Phi) is 7.00. The molecule has 1 N–H and O–H groups in total. The molecule has 0 fully saturated rings. The number of methoxy groups -OCH3 is 1. The number of benzene rings is 2. The smallest absolute Gasteiger partial charge is 0.270 e. The van der Waals surface area contributed by atoms with Gasteiger partial charge < -0.3 is 14.8 Å². The molecule has 2 aromatic carbocycles. The van der Waals surface area contributed by atoms with Gasteiger partial charge in [0, 0.05) is 15.7 Å². The minimum absolute atomic E-state index is 0.0119. The summed E-state index contributed by atoms with van der Waals surface area (Å²) in [4.78, 5) is 23.0. The van der Waals surface area contributed by atoms with Crippen molar-refractivity contribution in [2.45, 2.75) is 32.9 Å². The van der Waals surface area contributed by atoms with Crippen molar-refractivity contribution in [1.29, 1.82) is 0 Å². The highest BCUT2D eigenvalue weighted by Crippen LogP contribution is 2.31. The fraction of sp³-hybridized carbons (Fsp3) is 0.316. The van der Waals surface area contributed by atoms with E-state index < -0.39 is 4.92 Å². The molecular formula is C19H21IN2O5. The van der Waals surface area contributed by atoms with Gasteiger partial charge in [-0.3, -0.25) is 14.9 Å². The average Bonchev–Trinajstić information content (AvgIpc) is 2.61. The molecule has 0 aliphatic rings. The number of nitro benzene ring substituents is 1. The number of carbonyl (C=O) groups is 1. The molecule has 1 amide bonds. The number of rotatable bonds is 7. The molecule has 0 saturated carbocycles. The second kappa shape index (κ2) is 9.03. The van der Waals surface area contributed by atoms with Gasteiger partial charge in [-0.25, -0.2) is 0 Å². The second-order valence-corrected chi connectivity index (χ2v) is 7.36. The van der Waals surface area contributed by atoms with E-state index in [1.54, 1.807) is 25.3 Å². The van der Waals surface area contributed by atoms with E-state index in [4.69, 9.17) is 9.47 Å². The maximum atomic E-state index is 12.6.